The fraction of sp³-hybridized carbons (Fsp3) is 0.125. The Morgan fingerprint density at radius 3 is 2.18 bits per heavy atom. The van der Waals surface area contributed by atoms with Gasteiger partial charge in [-0.1, -0.05) is 0 Å². The average molecular weight is 170 g/mol. The summed E-state index contributed by atoms with van der Waals surface area (Å²) in [6, 6.07) is 6.94. The van der Waals surface area contributed by atoms with Gasteiger partial charge < -0.3 is 4.74 Å². The van der Waals surface area contributed by atoms with Crippen LogP contribution in [-0.4, -0.2) is 13.4 Å². The first-order valence-electron chi connectivity index (χ1n) is 2.96. The molecule has 1 rings (SSSR count). The maximum Gasteiger partial charge on any atom is 0.150 e. The third-order valence-electron chi connectivity index (χ3n) is 1.25. The molecule has 60 valence electrons. The molecule has 0 saturated carbocycles. The quantitative estimate of drug-likeness (QED) is 0.630. The molecular formula is C8H10O2S. The Labute approximate surface area is 72.6 Å². The molecule has 0 bridgehead atoms. The Bertz CT molecular complexity index is 218. The first-order chi connectivity index (χ1) is 4.86. The second kappa shape index (κ2) is 4.79. The Hall–Kier alpha value is -0.960. The monoisotopic (exact) mass is 170 g/mol. The van der Waals surface area contributed by atoms with Crippen molar-refractivity contribution in [3.63, 3.8) is 0 Å². The summed E-state index contributed by atoms with van der Waals surface area (Å²) in [5.74, 6) is 0.769. The lowest BCUT2D eigenvalue weighted by molar-refractivity contribution is 0.112. The normalized spacial score (nSPS) is 8.09. The van der Waals surface area contributed by atoms with E-state index in [-0.39, 0.29) is 13.5 Å². The second-order valence-electron chi connectivity index (χ2n) is 1.89. The lowest BCUT2D eigenvalue weighted by Crippen LogP contribution is -1.82. The molecule has 0 spiro atoms. The smallest absolute Gasteiger partial charge is 0.150 e. The van der Waals surface area contributed by atoms with E-state index in [1.54, 1.807) is 31.4 Å². The van der Waals surface area contributed by atoms with Gasteiger partial charge in [-0.15, -0.1) is 0 Å². The molecule has 0 atom stereocenters. The number of carbonyl (C=O) groups excluding carboxylic acids is 1. The zero-order valence-electron chi connectivity index (χ0n) is 6.20. The van der Waals surface area contributed by atoms with Gasteiger partial charge in [0.2, 0.25) is 0 Å². The highest BCUT2D eigenvalue weighted by atomic mass is 32.1. The van der Waals surface area contributed by atoms with Crippen LogP contribution in [0.1, 0.15) is 10.4 Å². The van der Waals surface area contributed by atoms with Gasteiger partial charge in [0.1, 0.15) is 12.0 Å². The lowest BCUT2D eigenvalue weighted by Gasteiger charge is -1.96. The number of carbonyl (C=O) groups is 1. The fourth-order valence-corrected chi connectivity index (χ4v) is 0.682. The summed E-state index contributed by atoms with van der Waals surface area (Å²) in [5, 5.41) is 0. The number of hydrogen-bond acceptors (Lipinski definition) is 2. The molecule has 0 aliphatic carbocycles. The summed E-state index contributed by atoms with van der Waals surface area (Å²) in [5.41, 5.74) is 0.667. The SMILES string of the molecule is COc1ccc(C=O)cc1.S. The highest BCUT2D eigenvalue weighted by Gasteiger charge is 1.89. The molecule has 0 aliphatic rings. The van der Waals surface area contributed by atoms with Crippen molar-refractivity contribution in [3.05, 3.63) is 29.8 Å². The number of methoxy groups -OCH3 is 1. The summed E-state index contributed by atoms with van der Waals surface area (Å²) in [6.07, 6.45) is 0.805. The maximum atomic E-state index is 10.2. The zero-order valence-corrected chi connectivity index (χ0v) is 7.20. The van der Waals surface area contributed by atoms with Gasteiger partial charge in [-0.25, -0.2) is 0 Å². The molecule has 0 aromatic heterocycles. The molecule has 1 aromatic carbocycles. The molecule has 0 saturated heterocycles. The Morgan fingerprint density at radius 1 is 1.27 bits per heavy atom. The van der Waals surface area contributed by atoms with Crippen molar-refractivity contribution < 1.29 is 9.53 Å². The van der Waals surface area contributed by atoms with E-state index in [2.05, 4.69) is 0 Å². The zero-order chi connectivity index (χ0) is 7.40. The van der Waals surface area contributed by atoms with Crippen molar-refractivity contribution in [1.29, 1.82) is 0 Å². The van der Waals surface area contributed by atoms with E-state index in [1.807, 2.05) is 0 Å². The molecule has 0 fully saturated rings. The van der Waals surface area contributed by atoms with Crippen LogP contribution < -0.4 is 4.74 Å². The van der Waals surface area contributed by atoms with Gasteiger partial charge in [-0.05, 0) is 24.3 Å². The van der Waals surface area contributed by atoms with E-state index in [0.29, 0.717) is 5.56 Å². The molecular weight excluding hydrogens is 160 g/mol. The van der Waals surface area contributed by atoms with E-state index in [9.17, 15) is 4.79 Å². The molecule has 11 heavy (non-hydrogen) atoms. The van der Waals surface area contributed by atoms with E-state index in [0.717, 1.165) is 12.0 Å². The first-order valence-corrected chi connectivity index (χ1v) is 2.96. The molecule has 2 nitrogen and oxygen atoms in total. The molecule has 0 radical (unpaired) electrons. The molecule has 0 aliphatic heterocycles. The van der Waals surface area contributed by atoms with Crippen LogP contribution in [0.5, 0.6) is 5.75 Å². The minimum absolute atomic E-state index is 0. The number of hydrogen-bond donors (Lipinski definition) is 0. The van der Waals surface area contributed by atoms with Crippen molar-refractivity contribution in [3.8, 4) is 5.75 Å². The number of aldehydes is 1. The number of benzene rings is 1. The Balaban J connectivity index is 0.000001000. The van der Waals surface area contributed by atoms with Crippen molar-refractivity contribution in [2.24, 2.45) is 0 Å². The molecule has 3 heteroatoms. The summed E-state index contributed by atoms with van der Waals surface area (Å²) < 4.78 is 4.90. The minimum Gasteiger partial charge on any atom is -0.497 e. The van der Waals surface area contributed by atoms with Crippen molar-refractivity contribution in [2.75, 3.05) is 7.11 Å². The summed E-state index contributed by atoms with van der Waals surface area (Å²) in [4.78, 5) is 10.2. The first kappa shape index (κ1) is 10.0. The van der Waals surface area contributed by atoms with Gasteiger partial charge in [0.25, 0.3) is 0 Å². The Morgan fingerprint density at radius 2 is 1.82 bits per heavy atom. The largest absolute Gasteiger partial charge is 0.497 e. The predicted molar refractivity (Wildman–Crippen MR) is 48.8 cm³/mol. The van der Waals surface area contributed by atoms with Crippen molar-refractivity contribution in [2.45, 2.75) is 0 Å². The van der Waals surface area contributed by atoms with Crippen molar-refractivity contribution >= 4 is 19.8 Å². The van der Waals surface area contributed by atoms with E-state index < -0.39 is 0 Å². The van der Waals surface area contributed by atoms with Crippen LogP contribution in [0, 0.1) is 0 Å². The molecule has 0 amide bonds. The highest BCUT2D eigenvalue weighted by molar-refractivity contribution is 7.59. The highest BCUT2D eigenvalue weighted by Crippen LogP contribution is 2.09. The standard InChI is InChI=1S/C8H8O2.H2S/c1-10-8-4-2-7(6-9)3-5-8;/h2-6H,1H3;1H2. The third-order valence-corrected chi connectivity index (χ3v) is 1.25. The van der Waals surface area contributed by atoms with E-state index >= 15 is 0 Å². The molecule has 0 N–H and O–H groups in total. The molecule has 1 aromatic rings. The number of rotatable bonds is 2. The lowest BCUT2D eigenvalue weighted by atomic mass is 10.2. The van der Waals surface area contributed by atoms with Crippen LogP contribution in [-0.2, 0) is 0 Å². The molecule has 0 unspecified atom stereocenters. The van der Waals surface area contributed by atoms with Gasteiger partial charge in [0, 0.05) is 5.56 Å². The number of ether oxygens (including phenoxy) is 1. The van der Waals surface area contributed by atoms with Gasteiger partial charge in [-0.2, -0.15) is 13.5 Å². The van der Waals surface area contributed by atoms with Gasteiger partial charge in [0.05, 0.1) is 7.11 Å². The maximum absolute atomic E-state index is 10.2. The fourth-order valence-electron chi connectivity index (χ4n) is 0.682. The average Bonchev–Trinajstić information content (AvgIpc) is 2.05. The van der Waals surface area contributed by atoms with Gasteiger partial charge in [0.15, 0.2) is 0 Å². The Kier molecular flexibility index (Phi) is 4.38. The van der Waals surface area contributed by atoms with Gasteiger partial charge >= 0.3 is 0 Å². The van der Waals surface area contributed by atoms with E-state index in [4.69, 9.17) is 4.74 Å². The second-order valence-corrected chi connectivity index (χ2v) is 1.89. The summed E-state index contributed by atoms with van der Waals surface area (Å²) in [6.45, 7) is 0. The van der Waals surface area contributed by atoms with Crippen LogP contribution in [0.15, 0.2) is 24.3 Å². The van der Waals surface area contributed by atoms with Crippen LogP contribution in [0.2, 0.25) is 0 Å². The van der Waals surface area contributed by atoms with Crippen LogP contribution in [0.3, 0.4) is 0 Å². The van der Waals surface area contributed by atoms with E-state index in [1.165, 1.54) is 0 Å². The van der Waals surface area contributed by atoms with Crippen molar-refractivity contribution in [1.82, 2.24) is 0 Å². The minimum atomic E-state index is 0. The van der Waals surface area contributed by atoms with Gasteiger partial charge in [-0.3, -0.25) is 4.79 Å². The summed E-state index contributed by atoms with van der Waals surface area (Å²) in [7, 11) is 1.59. The van der Waals surface area contributed by atoms with Crippen LogP contribution >= 0.6 is 13.5 Å². The topological polar surface area (TPSA) is 26.3 Å². The molecule has 0 heterocycles. The predicted octanol–water partition coefficient (Wildman–Crippen LogP) is 1.62. The third kappa shape index (κ3) is 2.63. The van der Waals surface area contributed by atoms with Crippen LogP contribution in [0.25, 0.3) is 0 Å². The van der Waals surface area contributed by atoms with Crippen LogP contribution in [0.4, 0.5) is 0 Å². The summed E-state index contributed by atoms with van der Waals surface area (Å²) >= 11 is 0.